The van der Waals surface area contributed by atoms with Crippen molar-refractivity contribution in [2.75, 3.05) is 12.4 Å². The summed E-state index contributed by atoms with van der Waals surface area (Å²) in [5, 5.41) is 2.85. The number of methoxy groups -OCH3 is 1. The van der Waals surface area contributed by atoms with E-state index in [2.05, 4.69) is 24.1 Å². The normalized spacial score (nSPS) is 10.4. The first-order chi connectivity index (χ1) is 9.61. The minimum Gasteiger partial charge on any atom is -0.495 e. The number of hydrogen-bond acceptors (Lipinski definition) is 3. The van der Waals surface area contributed by atoms with Crippen molar-refractivity contribution in [1.29, 1.82) is 0 Å². The first-order valence-electron chi connectivity index (χ1n) is 6.51. The van der Waals surface area contributed by atoms with E-state index >= 15 is 0 Å². The molecule has 0 fully saturated rings. The third-order valence-corrected chi connectivity index (χ3v) is 3.08. The molecule has 1 amide bonds. The summed E-state index contributed by atoms with van der Waals surface area (Å²) in [5.41, 5.74) is 2.40. The van der Waals surface area contributed by atoms with Crippen molar-refractivity contribution in [3.8, 4) is 5.75 Å². The second-order valence-corrected chi connectivity index (χ2v) is 4.80. The number of rotatable bonds is 4. The molecule has 4 nitrogen and oxygen atoms in total. The summed E-state index contributed by atoms with van der Waals surface area (Å²) in [4.78, 5) is 16.0. The lowest BCUT2D eigenvalue weighted by molar-refractivity contribution is 0.102. The molecule has 0 atom stereocenters. The predicted octanol–water partition coefficient (Wildman–Crippen LogP) is 3.47. The molecular weight excluding hydrogens is 252 g/mol. The van der Waals surface area contributed by atoms with Gasteiger partial charge in [-0.1, -0.05) is 19.9 Å². The largest absolute Gasteiger partial charge is 0.495 e. The van der Waals surface area contributed by atoms with E-state index in [0.717, 1.165) is 0 Å². The number of aromatic nitrogens is 1. The van der Waals surface area contributed by atoms with Crippen LogP contribution in [-0.4, -0.2) is 18.0 Å². The molecule has 2 aromatic rings. The second kappa shape index (κ2) is 6.19. The van der Waals surface area contributed by atoms with Gasteiger partial charge in [-0.2, -0.15) is 0 Å². The maximum Gasteiger partial charge on any atom is 0.255 e. The Labute approximate surface area is 118 Å². The highest BCUT2D eigenvalue weighted by Gasteiger charge is 2.11. The zero-order valence-corrected chi connectivity index (χ0v) is 11.9. The number of ether oxygens (including phenoxy) is 1. The van der Waals surface area contributed by atoms with Crippen LogP contribution in [0.5, 0.6) is 5.75 Å². The molecule has 0 unspecified atom stereocenters. The van der Waals surface area contributed by atoms with Gasteiger partial charge >= 0.3 is 0 Å². The van der Waals surface area contributed by atoms with E-state index in [9.17, 15) is 4.79 Å². The highest BCUT2D eigenvalue weighted by atomic mass is 16.5. The number of carbonyl (C=O) groups is 1. The van der Waals surface area contributed by atoms with E-state index in [1.807, 2.05) is 18.2 Å². The molecule has 0 saturated heterocycles. The van der Waals surface area contributed by atoms with E-state index in [1.165, 1.54) is 5.56 Å². The minimum atomic E-state index is -0.178. The van der Waals surface area contributed by atoms with E-state index in [-0.39, 0.29) is 5.91 Å². The smallest absolute Gasteiger partial charge is 0.255 e. The quantitative estimate of drug-likeness (QED) is 0.925. The molecule has 4 heteroatoms. The SMILES string of the molecule is COc1cc(C(C)C)ccc1NC(=O)c1ccncc1. The van der Waals surface area contributed by atoms with E-state index in [4.69, 9.17) is 4.74 Å². The molecule has 0 aliphatic heterocycles. The lowest BCUT2D eigenvalue weighted by Crippen LogP contribution is -2.12. The first kappa shape index (κ1) is 14.1. The lowest BCUT2D eigenvalue weighted by atomic mass is 10.0. The van der Waals surface area contributed by atoms with Gasteiger partial charge < -0.3 is 10.1 Å². The Kier molecular flexibility index (Phi) is 4.35. The van der Waals surface area contributed by atoms with Crippen molar-refractivity contribution < 1.29 is 9.53 Å². The van der Waals surface area contributed by atoms with Gasteiger partial charge in [0, 0.05) is 18.0 Å². The van der Waals surface area contributed by atoms with Crippen LogP contribution >= 0.6 is 0 Å². The average molecular weight is 270 g/mol. The highest BCUT2D eigenvalue weighted by Crippen LogP contribution is 2.29. The van der Waals surface area contributed by atoms with Crippen LogP contribution < -0.4 is 10.1 Å². The van der Waals surface area contributed by atoms with Gasteiger partial charge in [0.15, 0.2) is 0 Å². The Hall–Kier alpha value is -2.36. The van der Waals surface area contributed by atoms with Crippen molar-refractivity contribution in [3.63, 3.8) is 0 Å². The number of amides is 1. The van der Waals surface area contributed by atoms with E-state index in [1.54, 1.807) is 31.6 Å². The molecule has 1 aromatic carbocycles. The molecule has 104 valence electrons. The third-order valence-electron chi connectivity index (χ3n) is 3.08. The van der Waals surface area contributed by atoms with Gasteiger partial charge in [-0.05, 0) is 35.7 Å². The maximum absolute atomic E-state index is 12.1. The van der Waals surface area contributed by atoms with Gasteiger partial charge in [0.25, 0.3) is 5.91 Å². The molecule has 0 bridgehead atoms. The van der Waals surface area contributed by atoms with Crippen molar-refractivity contribution in [3.05, 3.63) is 53.9 Å². The number of nitrogens with zero attached hydrogens (tertiary/aromatic N) is 1. The van der Waals surface area contributed by atoms with Crippen LogP contribution in [0.3, 0.4) is 0 Å². The first-order valence-corrected chi connectivity index (χ1v) is 6.51. The fraction of sp³-hybridized carbons (Fsp3) is 0.250. The van der Waals surface area contributed by atoms with Crippen LogP contribution in [0.25, 0.3) is 0 Å². The van der Waals surface area contributed by atoms with Crippen molar-refractivity contribution in [2.45, 2.75) is 19.8 Å². The number of carbonyl (C=O) groups excluding carboxylic acids is 1. The van der Waals surface area contributed by atoms with E-state index in [0.29, 0.717) is 22.9 Å². The van der Waals surface area contributed by atoms with Crippen molar-refractivity contribution in [1.82, 2.24) is 4.98 Å². The van der Waals surface area contributed by atoms with Gasteiger partial charge in [0.1, 0.15) is 5.75 Å². The number of hydrogen-bond donors (Lipinski definition) is 1. The van der Waals surface area contributed by atoms with Gasteiger partial charge in [-0.3, -0.25) is 9.78 Å². The summed E-state index contributed by atoms with van der Waals surface area (Å²) in [6, 6.07) is 9.16. The Bertz CT molecular complexity index is 595. The zero-order chi connectivity index (χ0) is 14.5. The fourth-order valence-electron chi connectivity index (χ4n) is 1.87. The predicted molar refractivity (Wildman–Crippen MR) is 79.3 cm³/mol. The van der Waals surface area contributed by atoms with Gasteiger partial charge in [0.05, 0.1) is 12.8 Å². The summed E-state index contributed by atoms with van der Waals surface area (Å²) >= 11 is 0. The summed E-state index contributed by atoms with van der Waals surface area (Å²) in [7, 11) is 1.60. The molecular formula is C16H18N2O2. The van der Waals surface area contributed by atoms with Crippen LogP contribution in [0.15, 0.2) is 42.7 Å². The number of anilines is 1. The van der Waals surface area contributed by atoms with Crippen molar-refractivity contribution >= 4 is 11.6 Å². The minimum absolute atomic E-state index is 0.178. The zero-order valence-electron chi connectivity index (χ0n) is 11.9. The van der Waals surface area contributed by atoms with Crippen LogP contribution in [0.2, 0.25) is 0 Å². The Morgan fingerprint density at radius 3 is 2.50 bits per heavy atom. The summed E-state index contributed by atoms with van der Waals surface area (Å²) < 4.78 is 5.35. The van der Waals surface area contributed by atoms with Gasteiger partial charge in [-0.25, -0.2) is 0 Å². The summed E-state index contributed by atoms with van der Waals surface area (Å²) in [6.07, 6.45) is 3.18. The molecule has 0 radical (unpaired) electrons. The molecule has 0 saturated carbocycles. The summed E-state index contributed by atoms with van der Waals surface area (Å²) in [6.45, 7) is 4.23. The molecule has 0 aliphatic rings. The van der Waals surface area contributed by atoms with Crippen LogP contribution in [0, 0.1) is 0 Å². The molecule has 0 spiro atoms. The summed E-state index contributed by atoms with van der Waals surface area (Å²) in [5.74, 6) is 0.899. The fourth-order valence-corrected chi connectivity index (χ4v) is 1.87. The molecule has 20 heavy (non-hydrogen) atoms. The average Bonchev–Trinajstić information content (AvgIpc) is 2.48. The Balaban J connectivity index is 2.23. The topological polar surface area (TPSA) is 51.2 Å². The molecule has 2 rings (SSSR count). The molecule has 1 heterocycles. The van der Waals surface area contributed by atoms with E-state index < -0.39 is 0 Å². The Morgan fingerprint density at radius 1 is 1.20 bits per heavy atom. The van der Waals surface area contributed by atoms with Gasteiger partial charge in [-0.15, -0.1) is 0 Å². The van der Waals surface area contributed by atoms with Crippen LogP contribution in [0.4, 0.5) is 5.69 Å². The van der Waals surface area contributed by atoms with Gasteiger partial charge in [0.2, 0.25) is 0 Å². The monoisotopic (exact) mass is 270 g/mol. The van der Waals surface area contributed by atoms with Crippen LogP contribution in [0.1, 0.15) is 35.7 Å². The maximum atomic E-state index is 12.1. The van der Waals surface area contributed by atoms with Crippen molar-refractivity contribution in [2.24, 2.45) is 0 Å². The number of nitrogens with one attached hydrogen (secondary N) is 1. The number of benzene rings is 1. The molecule has 1 N–H and O–H groups in total. The second-order valence-electron chi connectivity index (χ2n) is 4.80. The third kappa shape index (κ3) is 3.15. The molecule has 0 aliphatic carbocycles. The van der Waals surface area contributed by atoms with Crippen LogP contribution in [-0.2, 0) is 0 Å². The highest BCUT2D eigenvalue weighted by molar-refractivity contribution is 6.04. The standard InChI is InChI=1S/C16H18N2O2/c1-11(2)13-4-5-14(15(10-13)20-3)18-16(19)12-6-8-17-9-7-12/h4-11H,1-3H3,(H,18,19). The molecule has 1 aromatic heterocycles. The number of pyridine rings is 1. The Morgan fingerprint density at radius 2 is 1.90 bits per heavy atom. The lowest BCUT2D eigenvalue weighted by Gasteiger charge is -2.13.